The summed E-state index contributed by atoms with van der Waals surface area (Å²) in [4.78, 5) is 17.6. The molecular weight excluding hydrogens is 451 g/mol. The fourth-order valence-electron chi connectivity index (χ4n) is 4.90. The van der Waals surface area contributed by atoms with Crippen molar-refractivity contribution in [3.05, 3.63) is 120 Å². The predicted molar refractivity (Wildman–Crippen MR) is 141 cm³/mol. The number of benzene rings is 4. The topological polar surface area (TPSA) is 59.3 Å². The van der Waals surface area contributed by atoms with E-state index in [9.17, 15) is 9.18 Å². The number of aliphatic imine (C=N–C) groups is 1. The second-order valence-electron chi connectivity index (χ2n) is 9.45. The molecule has 4 aromatic carbocycles. The van der Waals surface area contributed by atoms with Crippen LogP contribution < -0.4 is 5.32 Å². The summed E-state index contributed by atoms with van der Waals surface area (Å²) in [5, 5.41) is 9.78. The van der Waals surface area contributed by atoms with Crippen LogP contribution in [0.4, 0.5) is 15.8 Å². The molecule has 0 radical (unpaired) electrons. The minimum absolute atomic E-state index is 0.263. The van der Waals surface area contributed by atoms with Gasteiger partial charge in [-0.15, -0.1) is 0 Å². The van der Waals surface area contributed by atoms with E-state index in [1.165, 1.54) is 40.6 Å². The second-order valence-corrected chi connectivity index (χ2v) is 9.45. The number of rotatable bonds is 4. The van der Waals surface area contributed by atoms with Gasteiger partial charge in [-0.1, -0.05) is 44.2 Å². The molecule has 1 amide bonds. The molecule has 6 rings (SSSR count). The van der Waals surface area contributed by atoms with Crippen molar-refractivity contribution in [2.75, 3.05) is 5.32 Å². The Bertz CT molecular complexity index is 1650. The summed E-state index contributed by atoms with van der Waals surface area (Å²) in [6.45, 7) is 4.41. The maximum absolute atomic E-state index is 13.1. The monoisotopic (exact) mass is 474 g/mol. The van der Waals surface area contributed by atoms with Gasteiger partial charge in [0, 0.05) is 28.4 Å². The molecule has 36 heavy (non-hydrogen) atoms. The highest BCUT2D eigenvalue weighted by atomic mass is 19.1. The van der Waals surface area contributed by atoms with Crippen molar-refractivity contribution in [3.63, 3.8) is 0 Å². The van der Waals surface area contributed by atoms with E-state index in [4.69, 9.17) is 4.99 Å². The lowest BCUT2D eigenvalue weighted by molar-refractivity contribution is 0.102. The average molecular weight is 475 g/mol. The lowest BCUT2D eigenvalue weighted by Gasteiger charge is -2.23. The fraction of sp³-hybridized carbons (Fsp3) is 0.100. The van der Waals surface area contributed by atoms with Gasteiger partial charge in [-0.2, -0.15) is 5.10 Å². The number of fused-ring (bicyclic) bond motifs is 3. The molecule has 1 N–H and O–H groups in total. The van der Waals surface area contributed by atoms with E-state index < -0.39 is 0 Å². The van der Waals surface area contributed by atoms with Gasteiger partial charge in [-0.05, 0) is 70.9 Å². The Hall–Kier alpha value is -4.58. The molecule has 5 aromatic rings. The zero-order valence-corrected chi connectivity index (χ0v) is 19.9. The van der Waals surface area contributed by atoms with Gasteiger partial charge < -0.3 is 5.32 Å². The van der Waals surface area contributed by atoms with Crippen LogP contribution in [-0.4, -0.2) is 21.4 Å². The summed E-state index contributed by atoms with van der Waals surface area (Å²) in [6, 6.07) is 25.5. The van der Waals surface area contributed by atoms with E-state index in [1.807, 2.05) is 24.5 Å². The van der Waals surface area contributed by atoms with Crippen LogP contribution in [-0.2, 0) is 5.41 Å². The maximum atomic E-state index is 13.1. The third-order valence-electron chi connectivity index (χ3n) is 6.71. The number of hydrogen-bond acceptors (Lipinski definition) is 3. The van der Waals surface area contributed by atoms with Gasteiger partial charge in [0.1, 0.15) is 5.82 Å². The number of carbonyl (C=O) groups is 1. The van der Waals surface area contributed by atoms with Gasteiger partial charge in [-0.3, -0.25) is 9.79 Å². The van der Waals surface area contributed by atoms with E-state index >= 15 is 0 Å². The molecule has 1 aromatic heterocycles. The molecule has 0 fully saturated rings. The van der Waals surface area contributed by atoms with Crippen molar-refractivity contribution in [2.24, 2.45) is 4.99 Å². The van der Waals surface area contributed by atoms with Crippen molar-refractivity contribution >= 4 is 33.8 Å². The van der Waals surface area contributed by atoms with Gasteiger partial charge in [0.05, 0.1) is 23.3 Å². The van der Waals surface area contributed by atoms with Crippen LogP contribution in [0.2, 0.25) is 0 Å². The maximum Gasteiger partial charge on any atom is 0.255 e. The van der Waals surface area contributed by atoms with Crippen molar-refractivity contribution in [3.8, 4) is 5.69 Å². The van der Waals surface area contributed by atoms with Crippen LogP contribution in [0.1, 0.15) is 35.3 Å². The predicted octanol–water partition coefficient (Wildman–Crippen LogP) is 6.83. The highest BCUT2D eigenvalue weighted by Crippen LogP contribution is 2.45. The van der Waals surface area contributed by atoms with Crippen molar-refractivity contribution in [2.45, 2.75) is 19.3 Å². The highest BCUT2D eigenvalue weighted by molar-refractivity contribution is 6.15. The van der Waals surface area contributed by atoms with E-state index in [0.29, 0.717) is 11.3 Å². The molecule has 0 aliphatic carbocycles. The smallest absolute Gasteiger partial charge is 0.255 e. The van der Waals surface area contributed by atoms with E-state index in [2.05, 4.69) is 60.7 Å². The third-order valence-corrected chi connectivity index (χ3v) is 6.71. The number of amides is 1. The summed E-state index contributed by atoms with van der Waals surface area (Å²) < 4.78 is 14.9. The van der Waals surface area contributed by atoms with Gasteiger partial charge in [0.2, 0.25) is 0 Å². The zero-order valence-electron chi connectivity index (χ0n) is 19.9. The first-order valence-electron chi connectivity index (χ1n) is 11.7. The standard InChI is InChI=1S/C30H23FN4O/c1-30(2)27-25-6-4-3-5-19(25)9-16-26(27)34-28(30)21-17-32-35(18-21)24-14-7-20(8-15-24)29(36)33-23-12-10-22(31)11-13-23/h3-18H,1-2H3,(H,33,36). The Morgan fingerprint density at radius 3 is 2.44 bits per heavy atom. The number of anilines is 1. The lowest BCUT2D eigenvalue weighted by Crippen LogP contribution is -2.26. The Balaban J connectivity index is 1.25. The molecule has 0 spiro atoms. The minimum atomic E-state index is -0.347. The van der Waals surface area contributed by atoms with E-state index in [1.54, 1.807) is 16.8 Å². The highest BCUT2D eigenvalue weighted by Gasteiger charge is 2.37. The van der Waals surface area contributed by atoms with Gasteiger partial charge >= 0.3 is 0 Å². The summed E-state index contributed by atoms with van der Waals surface area (Å²) in [5.41, 5.74) is 5.77. The molecule has 0 saturated heterocycles. The van der Waals surface area contributed by atoms with Gasteiger partial charge in [-0.25, -0.2) is 9.07 Å². The third kappa shape index (κ3) is 3.67. The molecule has 0 bridgehead atoms. The Morgan fingerprint density at radius 1 is 0.917 bits per heavy atom. The number of nitrogens with one attached hydrogen (secondary N) is 1. The van der Waals surface area contributed by atoms with Gasteiger partial charge in [0.25, 0.3) is 5.91 Å². The molecule has 5 nitrogen and oxygen atoms in total. The molecule has 0 unspecified atom stereocenters. The van der Waals surface area contributed by atoms with Crippen LogP contribution in [0.3, 0.4) is 0 Å². The first kappa shape index (κ1) is 21.9. The number of hydrogen-bond donors (Lipinski definition) is 1. The molecule has 6 heteroatoms. The number of halogens is 1. The van der Waals surface area contributed by atoms with Crippen LogP contribution in [0.25, 0.3) is 16.5 Å². The van der Waals surface area contributed by atoms with E-state index in [0.717, 1.165) is 22.6 Å². The largest absolute Gasteiger partial charge is 0.322 e. The molecule has 176 valence electrons. The Labute approximate surface area is 207 Å². The summed E-state index contributed by atoms with van der Waals surface area (Å²) in [6.07, 6.45) is 3.81. The second kappa shape index (κ2) is 8.27. The molecule has 2 heterocycles. The number of aromatic nitrogens is 2. The normalized spacial score (nSPS) is 13.9. The van der Waals surface area contributed by atoms with Crippen LogP contribution in [0.5, 0.6) is 0 Å². The lowest BCUT2D eigenvalue weighted by atomic mass is 9.77. The Morgan fingerprint density at radius 2 is 1.67 bits per heavy atom. The van der Waals surface area contributed by atoms with Crippen LogP contribution in [0, 0.1) is 5.82 Å². The van der Waals surface area contributed by atoms with Crippen molar-refractivity contribution in [1.29, 1.82) is 0 Å². The van der Waals surface area contributed by atoms with Crippen molar-refractivity contribution < 1.29 is 9.18 Å². The molecule has 0 atom stereocenters. The quantitative estimate of drug-likeness (QED) is 0.310. The number of carbonyl (C=O) groups excluding carboxylic acids is 1. The first-order chi connectivity index (χ1) is 17.4. The molecular formula is C30H23FN4O. The molecule has 1 aliphatic heterocycles. The summed E-state index contributed by atoms with van der Waals surface area (Å²) in [5.74, 6) is -0.610. The molecule has 0 saturated carbocycles. The number of nitrogens with zero attached hydrogens (tertiary/aromatic N) is 3. The van der Waals surface area contributed by atoms with E-state index in [-0.39, 0.29) is 17.1 Å². The summed E-state index contributed by atoms with van der Waals surface area (Å²) >= 11 is 0. The van der Waals surface area contributed by atoms with Crippen LogP contribution >= 0.6 is 0 Å². The zero-order chi connectivity index (χ0) is 24.9. The Kier molecular flexibility index (Phi) is 5.04. The van der Waals surface area contributed by atoms with Crippen molar-refractivity contribution in [1.82, 2.24) is 9.78 Å². The first-order valence-corrected chi connectivity index (χ1v) is 11.7. The molecule has 1 aliphatic rings. The van der Waals surface area contributed by atoms with Gasteiger partial charge in [0.15, 0.2) is 0 Å². The fourth-order valence-corrected chi connectivity index (χ4v) is 4.90. The minimum Gasteiger partial charge on any atom is -0.322 e. The average Bonchev–Trinajstić information content (AvgIpc) is 3.48. The summed E-state index contributed by atoms with van der Waals surface area (Å²) in [7, 11) is 0. The SMILES string of the molecule is CC1(C)C(c2cnn(-c3ccc(C(=O)Nc4ccc(F)cc4)cc3)c2)=Nc2ccc3ccccc3c21. The van der Waals surface area contributed by atoms with Crippen LogP contribution in [0.15, 0.2) is 102 Å².